The summed E-state index contributed by atoms with van der Waals surface area (Å²) in [5, 5.41) is 20.3. The Kier molecular flexibility index (Phi) is 22.1. The van der Waals surface area contributed by atoms with Crippen molar-refractivity contribution in [2.75, 3.05) is 102 Å². The van der Waals surface area contributed by atoms with Crippen LogP contribution in [0.5, 0.6) is 0 Å². The monoisotopic (exact) mass is 1070 g/mol. The van der Waals surface area contributed by atoms with Crippen molar-refractivity contribution < 1.29 is 42.9 Å². The lowest BCUT2D eigenvalue weighted by atomic mass is 9.67. The van der Waals surface area contributed by atoms with Gasteiger partial charge in [-0.2, -0.15) is 5.26 Å². The third kappa shape index (κ3) is 16.7. The molecule has 4 aliphatic rings. The smallest absolute Gasteiger partial charge is 0.264 e. The number of hydrogen-bond acceptors (Lipinski definition) is 11. The minimum Gasteiger partial charge on any atom is -0.378 e. The van der Waals surface area contributed by atoms with Gasteiger partial charge in [-0.1, -0.05) is 55.8 Å². The molecule has 1 saturated heterocycles. The number of likely N-dealkylation sites (tertiary alicyclic amines) is 1. The molecule has 2 heterocycles. The van der Waals surface area contributed by atoms with Gasteiger partial charge in [-0.15, -0.1) is 5.73 Å². The number of nitrogens with zero attached hydrogens (tertiary/aromatic N) is 3. The number of hydrogen-bond donors (Lipinski definition) is 3. The van der Waals surface area contributed by atoms with Crippen LogP contribution >= 0.6 is 11.6 Å². The summed E-state index contributed by atoms with van der Waals surface area (Å²) < 4.78 is 28.1. The van der Waals surface area contributed by atoms with Crippen LogP contribution in [0.1, 0.15) is 95.1 Å². The van der Waals surface area contributed by atoms with E-state index in [1.54, 1.807) is 11.8 Å². The molecule has 16 heteroatoms. The van der Waals surface area contributed by atoms with Crippen molar-refractivity contribution in [2.45, 2.75) is 85.2 Å². The predicted molar refractivity (Wildman–Crippen MR) is 299 cm³/mol. The molecule has 1 fully saturated rings. The van der Waals surface area contributed by atoms with Gasteiger partial charge in [0.1, 0.15) is 11.6 Å². The zero-order valence-corrected chi connectivity index (χ0v) is 46.3. The van der Waals surface area contributed by atoms with Crippen LogP contribution in [0.4, 0.5) is 11.4 Å². The van der Waals surface area contributed by atoms with Crippen molar-refractivity contribution in [2.24, 2.45) is 23.2 Å². The van der Waals surface area contributed by atoms with Crippen molar-refractivity contribution in [1.29, 1.82) is 5.26 Å². The molecule has 3 aromatic rings. The van der Waals surface area contributed by atoms with Gasteiger partial charge in [-0.3, -0.25) is 19.2 Å². The van der Waals surface area contributed by atoms with Gasteiger partial charge in [0, 0.05) is 61.1 Å². The maximum absolute atomic E-state index is 13.7. The SMILES string of the molecule is CC(=O)N1c2ccc(-c3ccc(C(=O)NCCOCCOCCOCCOCCOCCNC(=O)C4CC(C(C)C)CN(C(=O)/C(C#N)=C/CC56CC=C=C(C5)C(C)=CC6)C4)cc3)cc2[C@H](Nc2ccc(Cl)cc2)C[C@@H]1C. The number of fused-ring (bicyclic) bond motifs is 3. The first kappa shape index (κ1) is 58.6. The highest BCUT2D eigenvalue weighted by Gasteiger charge is 2.38. The van der Waals surface area contributed by atoms with Crippen LogP contribution in [-0.2, 0) is 38.1 Å². The van der Waals surface area contributed by atoms with E-state index in [-0.39, 0.29) is 71.0 Å². The summed E-state index contributed by atoms with van der Waals surface area (Å²) in [6.45, 7) is 15.4. The van der Waals surface area contributed by atoms with Crippen LogP contribution in [0.15, 0.2) is 107 Å². The molecule has 0 saturated carbocycles. The normalized spacial score (nSPS) is 20.9. The van der Waals surface area contributed by atoms with E-state index in [2.05, 4.69) is 73.7 Å². The van der Waals surface area contributed by atoms with Crippen molar-refractivity contribution in [3.05, 3.63) is 124 Å². The molecule has 0 spiro atoms. The third-order valence-corrected chi connectivity index (χ3v) is 15.4. The fraction of sp³-hybridized carbons (Fsp3) is 0.508. The van der Waals surface area contributed by atoms with Crippen LogP contribution in [0.25, 0.3) is 11.1 Å². The highest BCUT2D eigenvalue weighted by Crippen LogP contribution is 2.47. The molecule has 7 rings (SSSR count). The summed E-state index contributed by atoms with van der Waals surface area (Å²) in [4.78, 5) is 56.2. The lowest BCUT2D eigenvalue weighted by Gasteiger charge is -2.39. The standard InChI is InChI=1S/C61H77ClN6O9/c1-42(2)51-36-52(41-67(40-51)60(72)50(39-63)19-22-61-20-6-7-49(38-61)43(3)18-21-61)59(71)65-24-26-74-28-30-76-32-34-77-33-31-75-29-27-73-25-23-64-58(70)47-10-8-46(9-11-47)48-12-17-57-55(37-48)56(35-44(4)68(57)45(5)69)66-54-15-13-53(62)14-16-54/h6,8-19,37,42,44,51-52,56,66H,20-36,38,40-41H2,1-5H3,(H,64,70)(H,65,71)/b50-19+/t44-,51?,52?,56+,61?/m0/s1. The molecule has 4 amide bonds. The summed E-state index contributed by atoms with van der Waals surface area (Å²) in [6.07, 6.45) is 10.9. The highest BCUT2D eigenvalue weighted by atomic mass is 35.5. The second-order valence-electron chi connectivity index (χ2n) is 21.0. The maximum Gasteiger partial charge on any atom is 0.264 e. The average molecular weight is 1070 g/mol. The Bertz CT molecular complexity index is 2680. The topological polar surface area (TPSA) is 181 Å². The van der Waals surface area contributed by atoms with Crippen molar-refractivity contribution in [1.82, 2.24) is 15.5 Å². The molecule has 2 aliphatic carbocycles. The number of nitrogens with one attached hydrogen (secondary N) is 3. The molecule has 2 bridgehead atoms. The van der Waals surface area contributed by atoms with Crippen molar-refractivity contribution >= 4 is 46.6 Å². The van der Waals surface area contributed by atoms with Gasteiger partial charge < -0.3 is 49.4 Å². The van der Waals surface area contributed by atoms with E-state index >= 15 is 0 Å². The molecule has 2 aliphatic heterocycles. The molecular weight excluding hydrogens is 996 g/mol. The number of benzene rings is 3. The van der Waals surface area contributed by atoms with E-state index in [0.29, 0.717) is 109 Å². The van der Waals surface area contributed by atoms with Crippen LogP contribution in [0.3, 0.4) is 0 Å². The Balaban J connectivity index is 0.690. The summed E-state index contributed by atoms with van der Waals surface area (Å²) in [7, 11) is 0. The molecule has 412 valence electrons. The number of anilines is 2. The van der Waals surface area contributed by atoms with Crippen LogP contribution < -0.4 is 20.9 Å². The molecular formula is C61H77ClN6O9. The third-order valence-electron chi connectivity index (χ3n) is 15.1. The van der Waals surface area contributed by atoms with Crippen LogP contribution in [-0.4, -0.2) is 127 Å². The number of piperidine rings is 1. The zero-order valence-electron chi connectivity index (χ0n) is 45.5. The Labute approximate surface area is 460 Å². The van der Waals surface area contributed by atoms with Crippen molar-refractivity contribution in [3.8, 4) is 17.2 Å². The van der Waals surface area contributed by atoms with E-state index in [9.17, 15) is 24.4 Å². The van der Waals surface area contributed by atoms with Gasteiger partial charge in [0.2, 0.25) is 11.8 Å². The summed E-state index contributed by atoms with van der Waals surface area (Å²) in [5.41, 5.74) is 11.4. The molecule has 0 aromatic heterocycles. The predicted octanol–water partition coefficient (Wildman–Crippen LogP) is 9.41. The number of carbonyl (C=O) groups is 4. The fourth-order valence-electron chi connectivity index (χ4n) is 10.6. The molecule has 15 nitrogen and oxygen atoms in total. The number of nitriles is 1. The number of carbonyl (C=O) groups excluding carboxylic acids is 4. The number of amides is 4. The first-order chi connectivity index (χ1) is 37.2. The minimum atomic E-state index is -0.365. The molecule has 0 radical (unpaired) electrons. The Morgan fingerprint density at radius 3 is 2.06 bits per heavy atom. The van der Waals surface area contributed by atoms with Gasteiger partial charge >= 0.3 is 0 Å². The second kappa shape index (κ2) is 29.1. The van der Waals surface area contributed by atoms with E-state index in [1.165, 1.54) is 11.1 Å². The Morgan fingerprint density at radius 2 is 1.44 bits per heavy atom. The summed E-state index contributed by atoms with van der Waals surface area (Å²) >= 11 is 6.13. The summed E-state index contributed by atoms with van der Waals surface area (Å²) in [6, 6.07) is 23.4. The number of ether oxygens (including phenoxy) is 5. The highest BCUT2D eigenvalue weighted by molar-refractivity contribution is 6.30. The van der Waals surface area contributed by atoms with E-state index < -0.39 is 0 Å². The number of allylic oxidation sites excluding steroid dienone is 4. The summed E-state index contributed by atoms with van der Waals surface area (Å²) in [5.74, 6) is -0.520. The van der Waals surface area contributed by atoms with Crippen LogP contribution in [0.2, 0.25) is 5.02 Å². The van der Waals surface area contributed by atoms with Gasteiger partial charge in [-0.25, -0.2) is 0 Å². The van der Waals surface area contributed by atoms with Gasteiger partial charge in [0.05, 0.1) is 78.0 Å². The fourth-order valence-corrected chi connectivity index (χ4v) is 10.7. The Hall–Kier alpha value is -6.08. The molecule has 3 unspecified atom stereocenters. The largest absolute Gasteiger partial charge is 0.378 e. The first-order valence-electron chi connectivity index (χ1n) is 27.3. The van der Waals surface area contributed by atoms with Crippen LogP contribution in [0, 0.1) is 34.5 Å². The molecule has 77 heavy (non-hydrogen) atoms. The molecule has 3 N–H and O–H groups in total. The minimum absolute atomic E-state index is 0.00359. The van der Waals surface area contributed by atoms with E-state index in [1.807, 2.05) is 71.6 Å². The first-order valence-corrected chi connectivity index (χ1v) is 27.6. The maximum atomic E-state index is 13.7. The van der Waals surface area contributed by atoms with Gasteiger partial charge in [-0.05, 0) is 152 Å². The van der Waals surface area contributed by atoms with Gasteiger partial charge in [0.15, 0.2) is 0 Å². The Morgan fingerprint density at radius 1 is 0.818 bits per heavy atom. The lowest BCUT2D eigenvalue weighted by molar-refractivity contribution is -0.134. The van der Waals surface area contributed by atoms with Gasteiger partial charge in [0.25, 0.3) is 11.8 Å². The van der Waals surface area contributed by atoms with E-state index in [4.69, 9.17) is 35.3 Å². The molecule has 5 atom stereocenters. The molecule has 3 aromatic carbocycles. The number of halogens is 1. The zero-order chi connectivity index (χ0) is 54.7. The number of rotatable bonds is 27. The van der Waals surface area contributed by atoms with E-state index in [0.717, 1.165) is 53.7 Å². The lowest BCUT2D eigenvalue weighted by Crippen LogP contribution is -2.50. The van der Waals surface area contributed by atoms with Crippen molar-refractivity contribution in [3.63, 3.8) is 0 Å². The second-order valence-corrected chi connectivity index (χ2v) is 21.5. The quantitative estimate of drug-likeness (QED) is 0.0287. The average Bonchev–Trinajstić information content (AvgIpc) is 3.46.